The van der Waals surface area contributed by atoms with Crippen molar-refractivity contribution in [2.45, 2.75) is 37.8 Å². The molecule has 2 fully saturated rings. The minimum absolute atomic E-state index is 0.106. The van der Waals surface area contributed by atoms with Crippen molar-refractivity contribution >= 4 is 24.0 Å². The molecule has 0 spiro atoms. The molecule has 2 aliphatic heterocycles. The summed E-state index contributed by atoms with van der Waals surface area (Å²) in [6.07, 6.45) is 3.02. The van der Waals surface area contributed by atoms with Crippen molar-refractivity contribution in [2.75, 3.05) is 20.3 Å². The lowest BCUT2D eigenvalue weighted by atomic mass is 9.95. The summed E-state index contributed by atoms with van der Waals surface area (Å²) in [6, 6.07) is 25.7. The second kappa shape index (κ2) is 13.8. The minimum Gasteiger partial charge on any atom is -0.497 e. The number of ether oxygens (including phenoxy) is 3. The van der Waals surface area contributed by atoms with Crippen LogP contribution in [-0.4, -0.2) is 66.2 Å². The number of carbonyl (C=O) groups excluding carboxylic acids is 4. The van der Waals surface area contributed by atoms with Crippen LogP contribution >= 0.6 is 0 Å². The predicted octanol–water partition coefficient (Wildman–Crippen LogP) is 4.98. The molecule has 2 aliphatic rings. The van der Waals surface area contributed by atoms with Crippen molar-refractivity contribution in [1.29, 1.82) is 0 Å². The van der Waals surface area contributed by atoms with E-state index >= 15 is 0 Å². The van der Waals surface area contributed by atoms with E-state index in [1.165, 1.54) is 4.90 Å². The van der Waals surface area contributed by atoms with Crippen LogP contribution in [0.15, 0.2) is 97.1 Å². The molecule has 0 saturated carbocycles. The fourth-order valence-electron chi connectivity index (χ4n) is 5.43. The van der Waals surface area contributed by atoms with Gasteiger partial charge in [-0.3, -0.25) is 9.59 Å². The molecule has 222 valence electrons. The molecule has 3 atom stereocenters. The van der Waals surface area contributed by atoms with Crippen LogP contribution in [0.4, 0.5) is 9.59 Å². The average Bonchev–Trinajstić information content (AvgIpc) is 3.58. The van der Waals surface area contributed by atoms with E-state index < -0.39 is 42.0 Å². The second-order valence-electron chi connectivity index (χ2n) is 10.6. The van der Waals surface area contributed by atoms with Gasteiger partial charge in [0.1, 0.15) is 19.0 Å². The van der Waals surface area contributed by atoms with Crippen LogP contribution in [-0.2, 0) is 38.3 Å². The van der Waals surface area contributed by atoms with E-state index in [0.717, 1.165) is 21.6 Å². The van der Waals surface area contributed by atoms with E-state index in [1.807, 2.05) is 72.8 Å². The highest BCUT2D eigenvalue weighted by Crippen LogP contribution is 2.24. The molecule has 5 rings (SSSR count). The second-order valence-corrected chi connectivity index (χ2v) is 10.6. The van der Waals surface area contributed by atoms with Crippen LogP contribution in [0.2, 0.25) is 0 Å². The Morgan fingerprint density at radius 3 is 1.88 bits per heavy atom. The van der Waals surface area contributed by atoms with Gasteiger partial charge in [0.2, 0.25) is 11.8 Å². The molecule has 2 heterocycles. The van der Waals surface area contributed by atoms with Gasteiger partial charge in [0.25, 0.3) is 0 Å². The van der Waals surface area contributed by atoms with Crippen LogP contribution in [0.1, 0.15) is 23.1 Å². The van der Waals surface area contributed by atoms with Gasteiger partial charge in [0.05, 0.1) is 25.1 Å². The van der Waals surface area contributed by atoms with E-state index in [4.69, 9.17) is 14.2 Å². The highest BCUT2D eigenvalue weighted by atomic mass is 16.6. The van der Waals surface area contributed by atoms with E-state index in [-0.39, 0.29) is 26.1 Å². The number of hydrogen-bond donors (Lipinski definition) is 0. The van der Waals surface area contributed by atoms with Crippen LogP contribution < -0.4 is 4.74 Å². The summed E-state index contributed by atoms with van der Waals surface area (Å²) >= 11 is 0. The Morgan fingerprint density at radius 2 is 1.33 bits per heavy atom. The molecule has 4 amide bonds. The first-order valence-electron chi connectivity index (χ1n) is 14.3. The highest BCUT2D eigenvalue weighted by Gasteiger charge is 2.40. The number of imide groups is 2. The molecule has 0 bridgehead atoms. The van der Waals surface area contributed by atoms with Gasteiger partial charge in [-0.25, -0.2) is 19.4 Å². The molecule has 0 radical (unpaired) electrons. The number of benzene rings is 3. The first-order valence-corrected chi connectivity index (χ1v) is 14.3. The summed E-state index contributed by atoms with van der Waals surface area (Å²) < 4.78 is 15.7. The molecule has 2 saturated heterocycles. The minimum atomic E-state index is -0.754. The lowest BCUT2D eigenvalue weighted by molar-refractivity contribution is -0.132. The van der Waals surface area contributed by atoms with Crippen LogP contribution in [0.5, 0.6) is 5.75 Å². The molecular formula is C34H34N2O7. The maximum Gasteiger partial charge on any atom is 0.417 e. The van der Waals surface area contributed by atoms with E-state index in [0.29, 0.717) is 18.6 Å². The van der Waals surface area contributed by atoms with E-state index in [2.05, 4.69) is 0 Å². The zero-order chi connectivity index (χ0) is 30.2. The Balaban J connectivity index is 1.32. The summed E-state index contributed by atoms with van der Waals surface area (Å²) in [7, 11) is 1.58. The Labute approximate surface area is 250 Å². The standard InChI is InChI=1S/C34H34N2O7/c1-41-30-17-15-26(16-18-30)19-27(32(38)36-29(23-43-34(36)40)21-25-11-6-3-7-12-25)13-8-14-31(37)35-28(22-42-33(35)39)20-24-9-4-2-5-10-24/h2-13,15-18,27-29H,14,19-23H2,1H3/b13-8+/t27-,28+,29+/m1/s1. The summed E-state index contributed by atoms with van der Waals surface area (Å²) in [5.74, 6) is -0.902. The number of rotatable bonds is 11. The molecule has 43 heavy (non-hydrogen) atoms. The monoisotopic (exact) mass is 582 g/mol. The molecule has 9 nitrogen and oxygen atoms in total. The van der Waals surface area contributed by atoms with Gasteiger partial charge >= 0.3 is 12.2 Å². The molecule has 3 aromatic carbocycles. The first-order chi connectivity index (χ1) is 20.9. The number of nitrogens with zero attached hydrogens (tertiary/aromatic N) is 2. The van der Waals surface area contributed by atoms with Crippen molar-refractivity contribution in [3.05, 3.63) is 114 Å². The zero-order valence-corrected chi connectivity index (χ0v) is 24.0. The summed E-state index contributed by atoms with van der Waals surface area (Å²) in [5, 5.41) is 0. The molecule has 9 heteroatoms. The maximum absolute atomic E-state index is 13.9. The molecular weight excluding hydrogens is 548 g/mol. The summed E-state index contributed by atoms with van der Waals surface area (Å²) in [5.41, 5.74) is 2.83. The van der Waals surface area contributed by atoms with Crippen molar-refractivity contribution < 1.29 is 33.4 Å². The van der Waals surface area contributed by atoms with Crippen molar-refractivity contribution in [2.24, 2.45) is 5.92 Å². The quantitative estimate of drug-likeness (QED) is 0.294. The van der Waals surface area contributed by atoms with Crippen molar-refractivity contribution in [1.82, 2.24) is 9.80 Å². The van der Waals surface area contributed by atoms with Crippen molar-refractivity contribution in [3.8, 4) is 5.75 Å². The molecule has 0 unspecified atom stereocenters. The van der Waals surface area contributed by atoms with Gasteiger partial charge in [-0.05, 0) is 48.1 Å². The smallest absolute Gasteiger partial charge is 0.417 e. The van der Waals surface area contributed by atoms with Crippen LogP contribution in [0, 0.1) is 5.92 Å². The third kappa shape index (κ3) is 7.30. The number of cyclic esters (lactones) is 2. The topological polar surface area (TPSA) is 102 Å². The fourth-order valence-corrected chi connectivity index (χ4v) is 5.43. The lowest BCUT2D eigenvalue weighted by Crippen LogP contribution is -2.43. The van der Waals surface area contributed by atoms with Gasteiger partial charge in [-0.2, -0.15) is 0 Å². The number of amides is 4. The third-order valence-electron chi connectivity index (χ3n) is 7.65. The largest absolute Gasteiger partial charge is 0.497 e. The summed E-state index contributed by atoms with van der Waals surface area (Å²) in [4.78, 5) is 54.7. The van der Waals surface area contributed by atoms with Crippen LogP contribution in [0.3, 0.4) is 0 Å². The number of methoxy groups -OCH3 is 1. The molecule has 0 aliphatic carbocycles. The summed E-state index contributed by atoms with van der Waals surface area (Å²) in [6.45, 7) is 0.235. The third-order valence-corrected chi connectivity index (χ3v) is 7.65. The molecule has 0 aromatic heterocycles. The zero-order valence-electron chi connectivity index (χ0n) is 24.0. The van der Waals surface area contributed by atoms with Gasteiger partial charge in [-0.1, -0.05) is 84.9 Å². The predicted molar refractivity (Wildman–Crippen MR) is 158 cm³/mol. The maximum atomic E-state index is 13.9. The first kappa shape index (κ1) is 29.6. The molecule has 0 N–H and O–H groups in total. The Morgan fingerprint density at radius 1 is 0.791 bits per heavy atom. The van der Waals surface area contributed by atoms with E-state index in [1.54, 1.807) is 31.4 Å². The average molecular weight is 583 g/mol. The van der Waals surface area contributed by atoms with Gasteiger partial charge in [0.15, 0.2) is 0 Å². The Kier molecular flexibility index (Phi) is 9.51. The number of hydrogen-bond acceptors (Lipinski definition) is 7. The Bertz CT molecular complexity index is 1460. The van der Waals surface area contributed by atoms with Gasteiger partial charge in [0, 0.05) is 6.42 Å². The SMILES string of the molecule is COc1ccc(C[C@@H](/C=C/CC(=O)N2C(=O)OC[C@@H]2Cc2ccccc2)C(=O)N2C(=O)OC[C@@H]2Cc2ccccc2)cc1. The van der Waals surface area contributed by atoms with Crippen LogP contribution in [0.25, 0.3) is 0 Å². The number of carbonyl (C=O) groups is 4. The normalized spacial score (nSPS) is 18.9. The van der Waals surface area contributed by atoms with Gasteiger partial charge in [-0.15, -0.1) is 0 Å². The Hall–Kier alpha value is -4.92. The van der Waals surface area contributed by atoms with Gasteiger partial charge < -0.3 is 14.2 Å². The fraction of sp³-hybridized carbons (Fsp3) is 0.294. The highest BCUT2D eigenvalue weighted by molar-refractivity contribution is 5.96. The van der Waals surface area contributed by atoms with Crippen molar-refractivity contribution in [3.63, 3.8) is 0 Å². The lowest BCUT2D eigenvalue weighted by Gasteiger charge is -2.24. The molecule has 3 aromatic rings. The van der Waals surface area contributed by atoms with E-state index in [9.17, 15) is 19.2 Å².